The van der Waals surface area contributed by atoms with Gasteiger partial charge in [0.05, 0.1) is 11.6 Å². The number of carbonyl (C=O) groups excluding carboxylic acids is 1. The SMILES string of the molecule is Cc1ccc(NC(=O)C(C)c2cccc(N)c2)c(F)c1. The number of nitrogen functional groups attached to an aromatic ring is 1. The minimum absolute atomic E-state index is 0.191. The Kier molecular flexibility index (Phi) is 4.03. The zero-order chi connectivity index (χ0) is 14.7. The first kappa shape index (κ1) is 14.1. The van der Waals surface area contributed by atoms with Gasteiger partial charge in [-0.05, 0) is 49.2 Å². The van der Waals surface area contributed by atoms with E-state index in [-0.39, 0.29) is 11.6 Å². The van der Waals surface area contributed by atoms with Crippen LogP contribution in [0.4, 0.5) is 15.8 Å². The molecule has 0 aliphatic heterocycles. The Hall–Kier alpha value is -2.36. The second kappa shape index (κ2) is 5.74. The molecule has 1 unspecified atom stereocenters. The number of nitrogens with one attached hydrogen (secondary N) is 1. The second-order valence-corrected chi connectivity index (χ2v) is 4.86. The number of anilines is 2. The Morgan fingerprint density at radius 1 is 1.25 bits per heavy atom. The lowest BCUT2D eigenvalue weighted by molar-refractivity contribution is -0.117. The van der Waals surface area contributed by atoms with Crippen LogP contribution in [0.25, 0.3) is 0 Å². The summed E-state index contributed by atoms with van der Waals surface area (Å²) < 4.78 is 13.7. The lowest BCUT2D eigenvalue weighted by Crippen LogP contribution is -2.19. The van der Waals surface area contributed by atoms with Gasteiger partial charge in [-0.1, -0.05) is 18.2 Å². The van der Waals surface area contributed by atoms with Gasteiger partial charge in [-0.25, -0.2) is 4.39 Å². The molecule has 3 nitrogen and oxygen atoms in total. The third kappa shape index (κ3) is 3.15. The number of benzene rings is 2. The predicted octanol–water partition coefficient (Wildman–Crippen LogP) is 3.46. The zero-order valence-electron chi connectivity index (χ0n) is 11.5. The highest BCUT2D eigenvalue weighted by Gasteiger charge is 2.16. The third-order valence-corrected chi connectivity index (χ3v) is 3.19. The molecule has 0 bridgehead atoms. The van der Waals surface area contributed by atoms with E-state index in [0.29, 0.717) is 5.69 Å². The minimum Gasteiger partial charge on any atom is -0.399 e. The van der Waals surface area contributed by atoms with E-state index in [2.05, 4.69) is 5.32 Å². The Morgan fingerprint density at radius 3 is 2.65 bits per heavy atom. The average Bonchev–Trinajstić information content (AvgIpc) is 2.41. The molecule has 2 aromatic carbocycles. The summed E-state index contributed by atoms with van der Waals surface area (Å²) in [6.45, 7) is 3.56. The number of nitrogens with two attached hydrogens (primary N) is 1. The van der Waals surface area contributed by atoms with Gasteiger partial charge in [0, 0.05) is 5.69 Å². The minimum atomic E-state index is -0.432. The summed E-state index contributed by atoms with van der Waals surface area (Å²) in [5, 5.41) is 2.60. The number of hydrogen-bond acceptors (Lipinski definition) is 2. The molecule has 1 atom stereocenters. The standard InChI is InChI=1S/C16H17FN2O/c1-10-6-7-15(14(17)8-10)19-16(20)11(2)12-4-3-5-13(18)9-12/h3-9,11H,18H2,1-2H3,(H,19,20). The van der Waals surface area contributed by atoms with Crippen molar-refractivity contribution in [3.05, 3.63) is 59.4 Å². The molecular formula is C16H17FN2O. The first-order chi connectivity index (χ1) is 9.47. The molecule has 20 heavy (non-hydrogen) atoms. The summed E-state index contributed by atoms with van der Waals surface area (Å²) in [7, 11) is 0. The molecule has 3 N–H and O–H groups in total. The fourth-order valence-corrected chi connectivity index (χ4v) is 1.94. The number of aryl methyl sites for hydroxylation is 1. The molecule has 2 rings (SSSR count). The van der Waals surface area contributed by atoms with Crippen molar-refractivity contribution in [2.45, 2.75) is 19.8 Å². The van der Waals surface area contributed by atoms with Gasteiger partial charge in [0.2, 0.25) is 5.91 Å². The maximum absolute atomic E-state index is 13.7. The fraction of sp³-hybridized carbons (Fsp3) is 0.188. The van der Waals surface area contributed by atoms with Crippen molar-refractivity contribution in [3.63, 3.8) is 0 Å². The van der Waals surface area contributed by atoms with E-state index < -0.39 is 11.7 Å². The van der Waals surface area contributed by atoms with Crippen LogP contribution in [0.1, 0.15) is 24.0 Å². The van der Waals surface area contributed by atoms with E-state index in [1.54, 1.807) is 44.2 Å². The molecule has 0 spiro atoms. The van der Waals surface area contributed by atoms with E-state index in [1.165, 1.54) is 6.07 Å². The van der Waals surface area contributed by atoms with Crippen LogP contribution in [-0.4, -0.2) is 5.91 Å². The van der Waals surface area contributed by atoms with Crippen LogP contribution in [0.3, 0.4) is 0 Å². The van der Waals surface area contributed by atoms with Crippen LogP contribution < -0.4 is 11.1 Å². The molecular weight excluding hydrogens is 255 g/mol. The molecule has 104 valence electrons. The Balaban J connectivity index is 2.15. The lowest BCUT2D eigenvalue weighted by atomic mass is 9.99. The van der Waals surface area contributed by atoms with Gasteiger partial charge in [-0.15, -0.1) is 0 Å². The smallest absolute Gasteiger partial charge is 0.231 e. The van der Waals surface area contributed by atoms with Crippen molar-refractivity contribution in [2.24, 2.45) is 0 Å². The predicted molar refractivity (Wildman–Crippen MR) is 79.0 cm³/mol. The zero-order valence-corrected chi connectivity index (χ0v) is 11.5. The maximum Gasteiger partial charge on any atom is 0.231 e. The molecule has 1 amide bonds. The van der Waals surface area contributed by atoms with Gasteiger partial charge in [-0.2, -0.15) is 0 Å². The topological polar surface area (TPSA) is 55.1 Å². The van der Waals surface area contributed by atoms with Crippen molar-refractivity contribution >= 4 is 17.3 Å². The van der Waals surface area contributed by atoms with Crippen molar-refractivity contribution in [2.75, 3.05) is 11.1 Å². The normalized spacial score (nSPS) is 11.9. The Morgan fingerprint density at radius 2 is 2.00 bits per heavy atom. The quantitative estimate of drug-likeness (QED) is 0.841. The fourth-order valence-electron chi connectivity index (χ4n) is 1.94. The van der Waals surface area contributed by atoms with Gasteiger partial charge < -0.3 is 11.1 Å². The molecule has 0 aliphatic rings. The van der Waals surface area contributed by atoms with Crippen LogP contribution in [0.15, 0.2) is 42.5 Å². The molecule has 0 aliphatic carbocycles. The monoisotopic (exact) mass is 272 g/mol. The number of carbonyl (C=O) groups is 1. The highest BCUT2D eigenvalue weighted by molar-refractivity contribution is 5.95. The molecule has 0 saturated heterocycles. The van der Waals surface area contributed by atoms with Gasteiger partial charge in [0.15, 0.2) is 0 Å². The number of rotatable bonds is 3. The van der Waals surface area contributed by atoms with Crippen molar-refractivity contribution in [3.8, 4) is 0 Å². The summed E-state index contributed by atoms with van der Waals surface area (Å²) in [6.07, 6.45) is 0. The number of amides is 1. The summed E-state index contributed by atoms with van der Waals surface area (Å²) in [6, 6.07) is 11.8. The van der Waals surface area contributed by atoms with Crippen LogP contribution in [0.2, 0.25) is 0 Å². The van der Waals surface area contributed by atoms with E-state index in [0.717, 1.165) is 11.1 Å². The molecule has 2 aromatic rings. The Bertz CT molecular complexity index is 640. The molecule has 0 saturated carbocycles. The summed E-state index contributed by atoms with van der Waals surface area (Å²) >= 11 is 0. The average molecular weight is 272 g/mol. The van der Waals surface area contributed by atoms with Gasteiger partial charge >= 0.3 is 0 Å². The van der Waals surface area contributed by atoms with Gasteiger partial charge in [-0.3, -0.25) is 4.79 Å². The highest BCUT2D eigenvalue weighted by Crippen LogP contribution is 2.21. The molecule has 0 fully saturated rings. The first-order valence-corrected chi connectivity index (χ1v) is 6.40. The molecule has 0 radical (unpaired) electrons. The van der Waals surface area contributed by atoms with Gasteiger partial charge in [0.1, 0.15) is 5.82 Å². The molecule has 4 heteroatoms. The maximum atomic E-state index is 13.7. The van der Waals surface area contributed by atoms with Crippen LogP contribution in [0, 0.1) is 12.7 Å². The third-order valence-electron chi connectivity index (χ3n) is 3.19. The Labute approximate surface area is 117 Å². The first-order valence-electron chi connectivity index (χ1n) is 6.40. The van der Waals surface area contributed by atoms with Crippen LogP contribution in [0.5, 0.6) is 0 Å². The summed E-state index contributed by atoms with van der Waals surface area (Å²) in [5.41, 5.74) is 8.10. The van der Waals surface area contributed by atoms with E-state index in [1.807, 2.05) is 6.07 Å². The van der Waals surface area contributed by atoms with E-state index in [4.69, 9.17) is 5.73 Å². The largest absolute Gasteiger partial charge is 0.399 e. The second-order valence-electron chi connectivity index (χ2n) is 4.86. The van der Waals surface area contributed by atoms with Crippen molar-refractivity contribution < 1.29 is 9.18 Å². The summed E-state index contributed by atoms with van der Waals surface area (Å²) in [4.78, 5) is 12.1. The molecule has 0 aromatic heterocycles. The van der Waals surface area contributed by atoms with Crippen LogP contribution in [-0.2, 0) is 4.79 Å². The van der Waals surface area contributed by atoms with E-state index >= 15 is 0 Å². The van der Waals surface area contributed by atoms with Crippen molar-refractivity contribution in [1.29, 1.82) is 0 Å². The lowest BCUT2D eigenvalue weighted by Gasteiger charge is -2.13. The van der Waals surface area contributed by atoms with Crippen LogP contribution >= 0.6 is 0 Å². The summed E-state index contributed by atoms with van der Waals surface area (Å²) in [5.74, 6) is -1.10. The molecule has 0 heterocycles. The van der Waals surface area contributed by atoms with Gasteiger partial charge in [0.25, 0.3) is 0 Å². The van der Waals surface area contributed by atoms with Crippen molar-refractivity contribution in [1.82, 2.24) is 0 Å². The number of halogens is 1. The highest BCUT2D eigenvalue weighted by atomic mass is 19.1. The number of hydrogen-bond donors (Lipinski definition) is 2. The van der Waals surface area contributed by atoms with E-state index in [9.17, 15) is 9.18 Å².